The van der Waals surface area contributed by atoms with Crippen molar-refractivity contribution in [2.75, 3.05) is 11.9 Å². The number of urea groups is 1. The van der Waals surface area contributed by atoms with Gasteiger partial charge in [-0.3, -0.25) is 4.79 Å². The first-order valence-corrected chi connectivity index (χ1v) is 11.4. The number of ether oxygens (including phenoxy) is 1. The van der Waals surface area contributed by atoms with Gasteiger partial charge in [-0.2, -0.15) is 13.2 Å². The molecule has 1 aromatic carbocycles. The minimum absolute atomic E-state index is 0.0733. The smallest absolute Gasteiger partial charge is 0.422 e. The molecule has 0 aliphatic carbocycles. The second-order valence-electron chi connectivity index (χ2n) is 8.66. The van der Waals surface area contributed by atoms with Crippen LogP contribution in [0.15, 0.2) is 47.5 Å². The number of hydrogen-bond acceptors (Lipinski definition) is 4. The lowest BCUT2D eigenvalue weighted by Gasteiger charge is -2.36. The minimum atomic E-state index is -4.53. The summed E-state index contributed by atoms with van der Waals surface area (Å²) < 4.78 is 57.0. The third-order valence-corrected chi connectivity index (χ3v) is 6.64. The van der Waals surface area contributed by atoms with E-state index < -0.39 is 24.6 Å². The highest BCUT2D eigenvalue weighted by molar-refractivity contribution is 6.33. The van der Waals surface area contributed by atoms with E-state index in [9.17, 15) is 22.8 Å². The Balaban J connectivity index is 1.36. The molecule has 0 saturated carbocycles. The van der Waals surface area contributed by atoms with Crippen LogP contribution in [0.25, 0.3) is 11.1 Å². The molecular weight excluding hydrogens is 504 g/mol. The first kappa shape index (κ1) is 24.1. The summed E-state index contributed by atoms with van der Waals surface area (Å²) in [5, 5.41) is 2.66. The fourth-order valence-corrected chi connectivity index (χ4v) is 5.09. The van der Waals surface area contributed by atoms with E-state index in [1.807, 2.05) is 0 Å². The molecule has 2 amide bonds. The van der Waals surface area contributed by atoms with Crippen LogP contribution < -0.4 is 15.6 Å². The summed E-state index contributed by atoms with van der Waals surface area (Å²) in [6.45, 7) is -1.52. The second-order valence-corrected chi connectivity index (χ2v) is 9.07. The summed E-state index contributed by atoms with van der Waals surface area (Å²) in [6.07, 6.45) is 0.324. The molecular formula is C24H19ClF4N4O3. The average Bonchev–Trinajstić information content (AvgIpc) is 3.14. The number of nitrogens with one attached hydrogen (secondary N) is 2. The van der Waals surface area contributed by atoms with Crippen LogP contribution in [-0.4, -0.2) is 39.7 Å². The molecule has 0 radical (unpaired) electrons. The van der Waals surface area contributed by atoms with Gasteiger partial charge in [-0.25, -0.2) is 14.2 Å². The third-order valence-electron chi connectivity index (χ3n) is 6.33. The van der Waals surface area contributed by atoms with Crippen molar-refractivity contribution < 1.29 is 27.1 Å². The number of fused-ring (bicyclic) bond motifs is 4. The predicted octanol–water partition coefficient (Wildman–Crippen LogP) is 5.46. The summed E-state index contributed by atoms with van der Waals surface area (Å²) in [5.41, 5.74) is 1.93. The van der Waals surface area contributed by atoms with Crippen LogP contribution in [-0.2, 0) is 6.42 Å². The van der Waals surface area contributed by atoms with Crippen molar-refractivity contribution in [2.45, 2.75) is 37.5 Å². The number of aromatic nitrogens is 2. The van der Waals surface area contributed by atoms with E-state index in [-0.39, 0.29) is 39.8 Å². The highest BCUT2D eigenvalue weighted by Gasteiger charge is 2.43. The van der Waals surface area contributed by atoms with E-state index in [2.05, 4.69) is 20.0 Å². The summed E-state index contributed by atoms with van der Waals surface area (Å²) in [5.74, 6) is -1.06. The number of aromatic amines is 1. The lowest BCUT2D eigenvalue weighted by atomic mass is 9.95. The first-order valence-electron chi connectivity index (χ1n) is 11.0. The Kier molecular flexibility index (Phi) is 6.11. The molecule has 5 rings (SSSR count). The number of rotatable bonds is 4. The molecule has 3 aromatic rings. The molecule has 0 spiro atoms. The average molecular weight is 523 g/mol. The fourth-order valence-electron chi connectivity index (χ4n) is 4.82. The molecule has 1 saturated heterocycles. The molecule has 2 aliphatic heterocycles. The molecule has 2 aromatic heterocycles. The van der Waals surface area contributed by atoms with Crippen molar-refractivity contribution in [1.29, 1.82) is 0 Å². The second kappa shape index (κ2) is 9.12. The molecule has 36 heavy (non-hydrogen) atoms. The molecule has 2 bridgehead atoms. The van der Waals surface area contributed by atoms with E-state index in [4.69, 9.17) is 11.6 Å². The molecule has 2 atom stereocenters. The zero-order valence-electron chi connectivity index (χ0n) is 18.5. The maximum absolute atomic E-state index is 15.0. The number of benzene rings is 1. The minimum Gasteiger partial charge on any atom is -0.468 e. The van der Waals surface area contributed by atoms with Crippen molar-refractivity contribution in [3.63, 3.8) is 0 Å². The van der Waals surface area contributed by atoms with E-state index >= 15 is 4.39 Å². The Morgan fingerprint density at radius 2 is 2.06 bits per heavy atom. The molecule has 12 heteroatoms. The summed E-state index contributed by atoms with van der Waals surface area (Å²) in [6, 6.07) is 5.71. The van der Waals surface area contributed by atoms with Crippen LogP contribution in [0.3, 0.4) is 0 Å². The van der Waals surface area contributed by atoms with E-state index in [0.717, 1.165) is 30.0 Å². The number of anilines is 1. The number of hydrogen-bond donors (Lipinski definition) is 2. The number of carbonyl (C=O) groups excluding carboxylic acids is 1. The summed E-state index contributed by atoms with van der Waals surface area (Å²) in [7, 11) is 0. The van der Waals surface area contributed by atoms with Gasteiger partial charge in [0.25, 0.3) is 0 Å². The fraction of sp³-hybridized carbons (Fsp3) is 0.292. The van der Waals surface area contributed by atoms with Crippen LogP contribution >= 0.6 is 11.6 Å². The SMILES string of the molecule is O=C(Nc1cc(Cl)c(-c2ccnc(OCC(F)(F)F)c2)cc1F)N1C2CCC1c1c[nH]c(=O)cc1C2. The van der Waals surface area contributed by atoms with Gasteiger partial charge >= 0.3 is 12.2 Å². The molecule has 188 valence electrons. The quantitative estimate of drug-likeness (QED) is 0.445. The van der Waals surface area contributed by atoms with Crippen LogP contribution in [0.2, 0.25) is 5.02 Å². The van der Waals surface area contributed by atoms with Crippen molar-refractivity contribution >= 4 is 23.3 Å². The zero-order chi connectivity index (χ0) is 25.6. The molecule has 1 fully saturated rings. The van der Waals surface area contributed by atoms with E-state index in [1.54, 1.807) is 17.2 Å². The van der Waals surface area contributed by atoms with Gasteiger partial charge in [-0.15, -0.1) is 0 Å². The number of alkyl halides is 3. The zero-order valence-corrected chi connectivity index (χ0v) is 19.3. The third kappa shape index (κ3) is 4.75. The van der Waals surface area contributed by atoms with Crippen LogP contribution in [0.1, 0.15) is 30.0 Å². The van der Waals surface area contributed by atoms with Crippen molar-refractivity contribution in [3.05, 3.63) is 75.0 Å². The topological polar surface area (TPSA) is 87.3 Å². The van der Waals surface area contributed by atoms with Gasteiger partial charge < -0.3 is 19.9 Å². The van der Waals surface area contributed by atoms with Gasteiger partial charge in [0.15, 0.2) is 6.61 Å². The lowest BCUT2D eigenvalue weighted by molar-refractivity contribution is -0.154. The molecule has 2 N–H and O–H groups in total. The van der Waals surface area contributed by atoms with E-state index in [1.165, 1.54) is 24.4 Å². The molecule has 2 aliphatic rings. The van der Waals surface area contributed by atoms with Gasteiger partial charge in [0, 0.05) is 36.1 Å². The normalized spacial score (nSPS) is 18.6. The largest absolute Gasteiger partial charge is 0.468 e. The number of H-pyrrole nitrogens is 1. The monoisotopic (exact) mass is 522 g/mol. The standard InChI is InChI=1S/C24H19ClF4N4O3/c25-17-9-19(18(26)8-15(17)12-3-4-30-22(7-12)36-11-24(27,28)29)32-23(35)33-14-1-2-20(33)16-10-31-21(34)6-13(16)5-14/h3-4,6-10,14,20H,1-2,5,11H2,(H,31,34)(H,32,35). The number of pyridine rings is 2. The molecule has 2 unspecified atom stereocenters. The highest BCUT2D eigenvalue weighted by Crippen LogP contribution is 2.43. The van der Waals surface area contributed by atoms with Gasteiger partial charge in [0.05, 0.1) is 16.8 Å². The molecule has 7 nitrogen and oxygen atoms in total. The maximum Gasteiger partial charge on any atom is 0.422 e. The van der Waals surface area contributed by atoms with Gasteiger partial charge in [-0.1, -0.05) is 11.6 Å². The van der Waals surface area contributed by atoms with Crippen LogP contribution in [0, 0.1) is 5.82 Å². The van der Waals surface area contributed by atoms with E-state index in [0.29, 0.717) is 12.0 Å². The van der Waals surface area contributed by atoms with Gasteiger partial charge in [0.1, 0.15) is 5.82 Å². The Morgan fingerprint density at radius 1 is 1.25 bits per heavy atom. The Hall–Kier alpha value is -3.60. The number of carbonyl (C=O) groups is 1. The number of nitrogens with zero attached hydrogens (tertiary/aromatic N) is 2. The predicted molar refractivity (Wildman–Crippen MR) is 124 cm³/mol. The highest BCUT2D eigenvalue weighted by atomic mass is 35.5. The summed E-state index contributed by atoms with van der Waals surface area (Å²) >= 11 is 6.35. The van der Waals surface area contributed by atoms with Crippen molar-refractivity contribution in [2.24, 2.45) is 0 Å². The van der Waals surface area contributed by atoms with Crippen molar-refractivity contribution in [3.8, 4) is 17.0 Å². The van der Waals surface area contributed by atoms with Gasteiger partial charge in [0.2, 0.25) is 11.4 Å². The Morgan fingerprint density at radius 3 is 2.83 bits per heavy atom. The molecule has 4 heterocycles. The van der Waals surface area contributed by atoms with Crippen molar-refractivity contribution in [1.82, 2.24) is 14.9 Å². The van der Waals surface area contributed by atoms with Gasteiger partial charge in [-0.05, 0) is 54.2 Å². The van der Waals surface area contributed by atoms with Crippen LogP contribution in [0.5, 0.6) is 5.88 Å². The number of halogens is 5. The lowest BCUT2D eigenvalue weighted by Crippen LogP contribution is -2.44. The first-order chi connectivity index (χ1) is 17.1. The number of amides is 2. The maximum atomic E-state index is 15.0. The Bertz CT molecular complexity index is 1390. The van der Waals surface area contributed by atoms with Crippen LogP contribution in [0.4, 0.5) is 28.0 Å². The Labute approximate surface area is 207 Å². The summed E-state index contributed by atoms with van der Waals surface area (Å²) in [4.78, 5) is 32.8.